The fraction of sp³-hybridized carbons (Fsp3) is 0.125. The average Bonchev–Trinajstić information content (AvgIpc) is 2.82. The summed E-state index contributed by atoms with van der Waals surface area (Å²) in [6, 6.07) is 14.4. The lowest BCUT2D eigenvalue weighted by Gasteiger charge is -2.09. The Labute approximate surface area is 112 Å². The largest absolute Gasteiger partial charge is 0.262 e. The number of nitrogens with zero attached hydrogens (tertiary/aromatic N) is 3. The first-order valence-corrected chi connectivity index (χ1v) is 6.29. The average molecular weight is 249 g/mol. The van der Waals surface area contributed by atoms with Crippen LogP contribution in [0.1, 0.15) is 11.3 Å². The molecule has 94 valence electrons. The van der Waals surface area contributed by atoms with Crippen molar-refractivity contribution in [1.29, 1.82) is 0 Å². The molecule has 0 aliphatic heterocycles. The van der Waals surface area contributed by atoms with E-state index in [0.717, 1.165) is 28.2 Å². The molecule has 3 heteroatoms. The molecule has 19 heavy (non-hydrogen) atoms. The fourth-order valence-electron chi connectivity index (χ4n) is 2.18. The van der Waals surface area contributed by atoms with Gasteiger partial charge in [-0.1, -0.05) is 30.3 Å². The van der Waals surface area contributed by atoms with Gasteiger partial charge in [0, 0.05) is 11.8 Å². The molecule has 0 aliphatic rings. The predicted molar refractivity (Wildman–Crippen MR) is 76.3 cm³/mol. The minimum absolute atomic E-state index is 1.00. The normalized spacial score (nSPS) is 10.6. The number of pyridine rings is 1. The second kappa shape index (κ2) is 4.69. The maximum absolute atomic E-state index is 4.59. The van der Waals surface area contributed by atoms with Crippen LogP contribution in [0.5, 0.6) is 0 Å². The molecule has 0 spiro atoms. The molecule has 0 saturated heterocycles. The van der Waals surface area contributed by atoms with E-state index in [1.165, 1.54) is 0 Å². The van der Waals surface area contributed by atoms with Crippen molar-refractivity contribution >= 4 is 0 Å². The van der Waals surface area contributed by atoms with E-state index in [9.17, 15) is 0 Å². The number of hydrogen-bond acceptors (Lipinski definition) is 2. The van der Waals surface area contributed by atoms with Crippen molar-refractivity contribution in [2.75, 3.05) is 0 Å². The van der Waals surface area contributed by atoms with Gasteiger partial charge >= 0.3 is 0 Å². The van der Waals surface area contributed by atoms with Gasteiger partial charge in [0.25, 0.3) is 0 Å². The molecule has 0 aliphatic carbocycles. The van der Waals surface area contributed by atoms with Gasteiger partial charge < -0.3 is 0 Å². The highest BCUT2D eigenvalue weighted by Gasteiger charge is 2.11. The molecule has 0 amide bonds. The van der Waals surface area contributed by atoms with E-state index in [4.69, 9.17) is 0 Å². The minimum atomic E-state index is 1.00. The highest BCUT2D eigenvalue weighted by Crippen LogP contribution is 2.24. The van der Waals surface area contributed by atoms with Gasteiger partial charge in [-0.15, -0.1) is 0 Å². The molecule has 0 bridgehead atoms. The Kier molecular flexibility index (Phi) is 2.88. The molecule has 3 rings (SSSR count). The quantitative estimate of drug-likeness (QED) is 0.695. The summed E-state index contributed by atoms with van der Waals surface area (Å²) in [6.45, 7) is 4.08. The molecular formula is C16H15N3. The summed E-state index contributed by atoms with van der Waals surface area (Å²) < 4.78 is 1.97. The number of aromatic nitrogens is 3. The maximum atomic E-state index is 4.59. The highest BCUT2D eigenvalue weighted by molar-refractivity contribution is 5.63. The lowest BCUT2D eigenvalue weighted by Crippen LogP contribution is -2.02. The molecule has 2 heterocycles. The summed E-state index contributed by atoms with van der Waals surface area (Å²) in [6.07, 6.45) is 3.66. The van der Waals surface area contributed by atoms with E-state index < -0.39 is 0 Å². The molecule has 0 atom stereocenters. The summed E-state index contributed by atoms with van der Waals surface area (Å²) in [5.74, 6) is 0. The van der Waals surface area contributed by atoms with Gasteiger partial charge in [0.05, 0.1) is 23.3 Å². The molecule has 3 aromatic rings. The smallest absolute Gasteiger partial charge is 0.0865 e. The van der Waals surface area contributed by atoms with E-state index >= 15 is 0 Å². The summed E-state index contributed by atoms with van der Waals surface area (Å²) in [5.41, 5.74) is 5.44. The van der Waals surface area contributed by atoms with Crippen molar-refractivity contribution in [1.82, 2.24) is 14.8 Å². The van der Waals surface area contributed by atoms with Crippen molar-refractivity contribution in [2.24, 2.45) is 0 Å². The maximum Gasteiger partial charge on any atom is 0.0865 e. The summed E-state index contributed by atoms with van der Waals surface area (Å²) in [7, 11) is 0. The zero-order chi connectivity index (χ0) is 13.2. The first kappa shape index (κ1) is 11.7. The van der Waals surface area contributed by atoms with Crippen LogP contribution < -0.4 is 0 Å². The van der Waals surface area contributed by atoms with Crippen LogP contribution >= 0.6 is 0 Å². The van der Waals surface area contributed by atoms with Gasteiger partial charge in [-0.2, -0.15) is 5.10 Å². The molecule has 0 fully saturated rings. The van der Waals surface area contributed by atoms with Crippen LogP contribution in [0.15, 0.2) is 54.9 Å². The Morgan fingerprint density at radius 2 is 1.79 bits per heavy atom. The van der Waals surface area contributed by atoms with Crippen molar-refractivity contribution in [3.8, 4) is 16.9 Å². The van der Waals surface area contributed by atoms with Crippen LogP contribution in [-0.4, -0.2) is 14.8 Å². The van der Waals surface area contributed by atoms with Crippen molar-refractivity contribution in [2.45, 2.75) is 13.8 Å². The third-order valence-electron chi connectivity index (χ3n) is 3.14. The number of hydrogen-bond donors (Lipinski definition) is 0. The van der Waals surface area contributed by atoms with Crippen LogP contribution in [0.2, 0.25) is 0 Å². The van der Waals surface area contributed by atoms with E-state index in [1.54, 1.807) is 6.20 Å². The highest BCUT2D eigenvalue weighted by atomic mass is 15.3. The van der Waals surface area contributed by atoms with Crippen LogP contribution in [0, 0.1) is 13.8 Å². The Balaban J connectivity index is 2.21. The third-order valence-corrected chi connectivity index (χ3v) is 3.14. The standard InChI is InChI=1S/C16H15N3/c1-12-8-9-17-11-16(12)19-15(10-13(2)18-19)14-6-4-3-5-7-14/h3-11H,1-2H3. The minimum Gasteiger partial charge on any atom is -0.262 e. The zero-order valence-corrected chi connectivity index (χ0v) is 11.0. The Morgan fingerprint density at radius 1 is 1.00 bits per heavy atom. The SMILES string of the molecule is Cc1cc(-c2ccccc2)n(-c2cnccc2C)n1. The van der Waals surface area contributed by atoms with E-state index in [2.05, 4.69) is 35.2 Å². The van der Waals surface area contributed by atoms with E-state index in [1.807, 2.05) is 42.1 Å². The van der Waals surface area contributed by atoms with Crippen LogP contribution in [0.3, 0.4) is 0 Å². The number of aryl methyl sites for hydroxylation is 2. The summed E-state index contributed by atoms with van der Waals surface area (Å²) >= 11 is 0. The fourth-order valence-corrected chi connectivity index (χ4v) is 2.18. The molecule has 3 nitrogen and oxygen atoms in total. The van der Waals surface area contributed by atoms with Crippen molar-refractivity contribution in [3.05, 3.63) is 66.1 Å². The predicted octanol–water partition coefficient (Wildman–Crippen LogP) is 3.55. The third kappa shape index (κ3) is 2.15. The summed E-state index contributed by atoms with van der Waals surface area (Å²) in [4.78, 5) is 4.21. The molecule has 0 radical (unpaired) electrons. The van der Waals surface area contributed by atoms with E-state index in [-0.39, 0.29) is 0 Å². The van der Waals surface area contributed by atoms with Crippen LogP contribution in [0.25, 0.3) is 16.9 Å². The molecule has 1 aromatic carbocycles. The second-order valence-corrected chi connectivity index (χ2v) is 4.61. The first-order chi connectivity index (χ1) is 9.25. The van der Waals surface area contributed by atoms with Crippen molar-refractivity contribution < 1.29 is 0 Å². The van der Waals surface area contributed by atoms with Gasteiger partial charge in [0.2, 0.25) is 0 Å². The van der Waals surface area contributed by atoms with Gasteiger partial charge in [0.1, 0.15) is 0 Å². The molecule has 0 unspecified atom stereocenters. The Bertz CT molecular complexity index is 699. The lowest BCUT2D eigenvalue weighted by atomic mass is 10.1. The zero-order valence-electron chi connectivity index (χ0n) is 11.0. The molecule has 0 saturated carbocycles. The topological polar surface area (TPSA) is 30.7 Å². The molecule has 0 N–H and O–H groups in total. The number of benzene rings is 1. The van der Waals surface area contributed by atoms with Crippen LogP contribution in [0.4, 0.5) is 0 Å². The Hall–Kier alpha value is -2.42. The van der Waals surface area contributed by atoms with Gasteiger partial charge in [0.15, 0.2) is 0 Å². The monoisotopic (exact) mass is 249 g/mol. The number of rotatable bonds is 2. The molecule has 2 aromatic heterocycles. The first-order valence-electron chi connectivity index (χ1n) is 6.29. The van der Waals surface area contributed by atoms with Gasteiger partial charge in [-0.05, 0) is 31.5 Å². The summed E-state index contributed by atoms with van der Waals surface area (Å²) in [5, 5.41) is 4.59. The second-order valence-electron chi connectivity index (χ2n) is 4.61. The van der Waals surface area contributed by atoms with E-state index in [0.29, 0.717) is 0 Å². The molecular weight excluding hydrogens is 234 g/mol. The van der Waals surface area contributed by atoms with Crippen LogP contribution in [-0.2, 0) is 0 Å². The van der Waals surface area contributed by atoms with Gasteiger partial charge in [-0.25, -0.2) is 4.68 Å². The van der Waals surface area contributed by atoms with Crippen molar-refractivity contribution in [3.63, 3.8) is 0 Å². The lowest BCUT2D eigenvalue weighted by molar-refractivity contribution is 0.856. The Morgan fingerprint density at radius 3 is 2.53 bits per heavy atom. The van der Waals surface area contributed by atoms with Gasteiger partial charge in [-0.3, -0.25) is 4.98 Å².